The SMILES string of the molecule is CCOc1ccc(-c2c(C)ccn2-c2ccc(S(N)(=O)=O)cc2)cc1. The van der Waals surface area contributed by atoms with E-state index >= 15 is 0 Å². The highest BCUT2D eigenvalue weighted by atomic mass is 32.2. The van der Waals surface area contributed by atoms with Gasteiger partial charge in [-0.1, -0.05) is 0 Å². The number of nitrogens with zero attached hydrogens (tertiary/aromatic N) is 1. The van der Waals surface area contributed by atoms with Gasteiger partial charge in [0.25, 0.3) is 0 Å². The average Bonchev–Trinajstić information content (AvgIpc) is 2.97. The molecule has 0 atom stereocenters. The first-order valence-corrected chi connectivity index (χ1v) is 9.49. The van der Waals surface area contributed by atoms with E-state index < -0.39 is 10.0 Å². The average molecular weight is 356 g/mol. The predicted molar refractivity (Wildman–Crippen MR) is 98.5 cm³/mol. The van der Waals surface area contributed by atoms with Gasteiger partial charge in [0.15, 0.2) is 0 Å². The van der Waals surface area contributed by atoms with Gasteiger partial charge in [0.1, 0.15) is 5.75 Å². The Morgan fingerprint density at radius 2 is 1.64 bits per heavy atom. The van der Waals surface area contributed by atoms with Crippen LogP contribution < -0.4 is 9.88 Å². The molecule has 0 amide bonds. The molecule has 6 heteroatoms. The van der Waals surface area contributed by atoms with Crippen LogP contribution in [-0.2, 0) is 10.0 Å². The van der Waals surface area contributed by atoms with Crippen molar-refractivity contribution in [1.82, 2.24) is 4.57 Å². The van der Waals surface area contributed by atoms with Gasteiger partial charge in [-0.15, -0.1) is 0 Å². The third-order valence-electron chi connectivity index (χ3n) is 3.97. The number of aromatic nitrogens is 1. The van der Waals surface area contributed by atoms with Crippen LogP contribution in [0, 0.1) is 6.92 Å². The normalized spacial score (nSPS) is 11.5. The number of aryl methyl sites for hydroxylation is 1. The Morgan fingerprint density at radius 3 is 2.20 bits per heavy atom. The van der Waals surface area contributed by atoms with Crippen LogP contribution in [0.1, 0.15) is 12.5 Å². The molecule has 0 saturated heterocycles. The van der Waals surface area contributed by atoms with Crippen LogP contribution in [0.3, 0.4) is 0 Å². The molecule has 0 unspecified atom stereocenters. The highest BCUT2D eigenvalue weighted by Gasteiger charge is 2.12. The fourth-order valence-corrected chi connectivity index (χ4v) is 3.30. The van der Waals surface area contributed by atoms with Crippen molar-refractivity contribution in [2.45, 2.75) is 18.7 Å². The Bertz CT molecular complexity index is 973. The second kappa shape index (κ2) is 6.74. The van der Waals surface area contributed by atoms with Gasteiger partial charge in [0.2, 0.25) is 10.0 Å². The van der Waals surface area contributed by atoms with Crippen LogP contribution in [0.4, 0.5) is 0 Å². The minimum Gasteiger partial charge on any atom is -0.494 e. The summed E-state index contributed by atoms with van der Waals surface area (Å²) in [6, 6.07) is 16.5. The molecule has 1 heterocycles. The van der Waals surface area contributed by atoms with E-state index in [9.17, 15) is 8.42 Å². The van der Waals surface area contributed by atoms with Crippen molar-refractivity contribution in [2.75, 3.05) is 6.61 Å². The van der Waals surface area contributed by atoms with E-state index in [1.807, 2.05) is 54.9 Å². The second-order valence-electron chi connectivity index (χ2n) is 5.71. The zero-order chi connectivity index (χ0) is 18.0. The molecule has 0 spiro atoms. The van der Waals surface area contributed by atoms with Gasteiger partial charge >= 0.3 is 0 Å². The monoisotopic (exact) mass is 356 g/mol. The molecule has 2 aromatic carbocycles. The van der Waals surface area contributed by atoms with E-state index in [2.05, 4.69) is 0 Å². The van der Waals surface area contributed by atoms with E-state index in [-0.39, 0.29) is 4.90 Å². The Hall–Kier alpha value is -2.57. The molecule has 130 valence electrons. The molecule has 0 aliphatic heterocycles. The first-order chi connectivity index (χ1) is 11.9. The predicted octanol–water partition coefficient (Wildman–Crippen LogP) is 3.50. The van der Waals surface area contributed by atoms with E-state index in [1.165, 1.54) is 12.1 Å². The molecule has 0 bridgehead atoms. The standard InChI is InChI=1S/C19H20N2O3S/c1-3-24-17-8-4-15(5-9-17)19-14(2)12-13-21(19)16-6-10-18(11-7-16)25(20,22)23/h4-13H,3H2,1-2H3,(H2,20,22,23). The van der Waals surface area contributed by atoms with Crippen molar-refractivity contribution in [3.63, 3.8) is 0 Å². The third kappa shape index (κ3) is 3.60. The molecular weight excluding hydrogens is 336 g/mol. The molecule has 0 fully saturated rings. The van der Waals surface area contributed by atoms with Crippen LogP contribution in [0.25, 0.3) is 16.9 Å². The quantitative estimate of drug-likeness (QED) is 0.760. The Labute approximate surface area is 147 Å². The van der Waals surface area contributed by atoms with Gasteiger partial charge in [-0.3, -0.25) is 0 Å². The zero-order valence-electron chi connectivity index (χ0n) is 14.1. The third-order valence-corrected chi connectivity index (χ3v) is 4.90. The lowest BCUT2D eigenvalue weighted by molar-refractivity contribution is 0.340. The number of hydrogen-bond donors (Lipinski definition) is 1. The molecule has 0 aliphatic carbocycles. The minimum atomic E-state index is -3.69. The molecule has 1 aromatic heterocycles. The van der Waals surface area contributed by atoms with Crippen LogP contribution in [-0.4, -0.2) is 19.6 Å². The maximum absolute atomic E-state index is 11.4. The summed E-state index contributed by atoms with van der Waals surface area (Å²) >= 11 is 0. The molecular formula is C19H20N2O3S. The molecule has 0 saturated carbocycles. The summed E-state index contributed by atoms with van der Waals surface area (Å²) in [5, 5.41) is 5.16. The molecule has 5 nitrogen and oxygen atoms in total. The van der Waals surface area contributed by atoms with E-state index in [0.717, 1.165) is 28.3 Å². The molecule has 3 aromatic rings. The fraction of sp³-hybridized carbons (Fsp3) is 0.158. The van der Waals surface area contributed by atoms with Gasteiger partial charge in [-0.2, -0.15) is 0 Å². The highest BCUT2D eigenvalue weighted by Crippen LogP contribution is 2.29. The summed E-state index contributed by atoms with van der Waals surface area (Å²) in [7, 11) is -3.69. The van der Waals surface area contributed by atoms with Crippen LogP contribution in [0.15, 0.2) is 65.7 Å². The number of nitrogens with two attached hydrogens (primary N) is 1. The smallest absolute Gasteiger partial charge is 0.238 e. The van der Waals surface area contributed by atoms with Crippen molar-refractivity contribution in [2.24, 2.45) is 5.14 Å². The summed E-state index contributed by atoms with van der Waals surface area (Å²) in [4.78, 5) is 0.0998. The largest absolute Gasteiger partial charge is 0.494 e. The molecule has 2 N–H and O–H groups in total. The van der Waals surface area contributed by atoms with Crippen LogP contribution in [0.5, 0.6) is 5.75 Å². The summed E-state index contributed by atoms with van der Waals surface area (Å²) in [6.45, 7) is 4.63. The summed E-state index contributed by atoms with van der Waals surface area (Å²) in [5.74, 6) is 0.833. The minimum absolute atomic E-state index is 0.0998. The van der Waals surface area contributed by atoms with Gasteiger partial charge in [0, 0.05) is 11.9 Å². The topological polar surface area (TPSA) is 74.3 Å². The Kier molecular flexibility index (Phi) is 4.65. The lowest BCUT2D eigenvalue weighted by Crippen LogP contribution is -2.12. The van der Waals surface area contributed by atoms with Gasteiger partial charge in [-0.25, -0.2) is 13.6 Å². The lowest BCUT2D eigenvalue weighted by Gasteiger charge is -2.12. The molecule has 0 radical (unpaired) electrons. The number of sulfonamides is 1. The van der Waals surface area contributed by atoms with Crippen molar-refractivity contribution in [3.8, 4) is 22.7 Å². The van der Waals surface area contributed by atoms with Gasteiger partial charge in [0.05, 0.1) is 17.2 Å². The first kappa shape index (κ1) is 17.3. The van der Waals surface area contributed by atoms with Crippen molar-refractivity contribution >= 4 is 10.0 Å². The Morgan fingerprint density at radius 1 is 1.00 bits per heavy atom. The highest BCUT2D eigenvalue weighted by molar-refractivity contribution is 7.89. The van der Waals surface area contributed by atoms with Gasteiger partial charge < -0.3 is 9.30 Å². The molecule has 3 rings (SSSR count). The van der Waals surface area contributed by atoms with Crippen LogP contribution >= 0.6 is 0 Å². The van der Waals surface area contributed by atoms with Crippen molar-refractivity contribution < 1.29 is 13.2 Å². The lowest BCUT2D eigenvalue weighted by atomic mass is 10.1. The summed E-state index contributed by atoms with van der Waals surface area (Å²) in [6.07, 6.45) is 1.97. The number of hydrogen-bond acceptors (Lipinski definition) is 3. The zero-order valence-corrected chi connectivity index (χ0v) is 15.0. The number of benzene rings is 2. The maximum atomic E-state index is 11.4. The summed E-state index contributed by atoms with van der Waals surface area (Å²) in [5.41, 5.74) is 4.09. The van der Waals surface area contributed by atoms with E-state index in [0.29, 0.717) is 6.61 Å². The number of rotatable bonds is 5. The van der Waals surface area contributed by atoms with Crippen molar-refractivity contribution in [3.05, 3.63) is 66.4 Å². The molecule has 0 aliphatic rings. The second-order valence-corrected chi connectivity index (χ2v) is 7.28. The van der Waals surface area contributed by atoms with E-state index in [4.69, 9.17) is 9.88 Å². The number of primary sulfonamides is 1. The van der Waals surface area contributed by atoms with E-state index in [1.54, 1.807) is 12.1 Å². The Balaban J connectivity index is 2.02. The summed E-state index contributed by atoms with van der Waals surface area (Å²) < 4.78 is 30.4. The fourth-order valence-electron chi connectivity index (χ4n) is 2.78. The molecule has 25 heavy (non-hydrogen) atoms. The maximum Gasteiger partial charge on any atom is 0.238 e. The van der Waals surface area contributed by atoms with Crippen LogP contribution in [0.2, 0.25) is 0 Å². The first-order valence-electron chi connectivity index (χ1n) is 7.94. The van der Waals surface area contributed by atoms with Gasteiger partial charge in [-0.05, 0) is 79.6 Å². The number of ether oxygens (including phenoxy) is 1. The van der Waals surface area contributed by atoms with Crippen molar-refractivity contribution in [1.29, 1.82) is 0 Å².